The SMILES string of the molecule is CC(C)(C)c1c(N)ccc2c3ccccc3c3ccccc3c12. The number of hydrogen-bond donors (Lipinski definition) is 1. The maximum absolute atomic E-state index is 6.41. The molecule has 0 fully saturated rings. The monoisotopic (exact) mass is 299 g/mol. The minimum atomic E-state index is -0.00514. The van der Waals surface area contributed by atoms with Gasteiger partial charge >= 0.3 is 0 Å². The average molecular weight is 299 g/mol. The third kappa shape index (κ3) is 2.00. The van der Waals surface area contributed by atoms with Gasteiger partial charge in [0.05, 0.1) is 0 Å². The molecule has 0 atom stereocenters. The summed E-state index contributed by atoms with van der Waals surface area (Å²) in [5.41, 5.74) is 8.53. The maximum atomic E-state index is 6.41. The van der Waals surface area contributed by atoms with Crippen LogP contribution in [0.25, 0.3) is 32.3 Å². The van der Waals surface area contributed by atoms with Crippen LogP contribution in [0.2, 0.25) is 0 Å². The Bertz CT molecular complexity index is 1020. The molecule has 0 radical (unpaired) electrons. The minimum Gasteiger partial charge on any atom is -0.398 e. The number of nitrogens with two attached hydrogens (primary N) is 1. The maximum Gasteiger partial charge on any atom is 0.0358 e. The van der Waals surface area contributed by atoms with Gasteiger partial charge < -0.3 is 5.73 Å². The predicted molar refractivity (Wildman–Crippen MR) is 102 cm³/mol. The number of nitrogen functional groups attached to an aromatic ring is 1. The molecular weight excluding hydrogens is 278 g/mol. The largest absolute Gasteiger partial charge is 0.398 e. The Balaban J connectivity index is 2.41. The highest BCUT2D eigenvalue weighted by Gasteiger charge is 2.22. The van der Waals surface area contributed by atoms with Crippen molar-refractivity contribution in [2.75, 3.05) is 5.73 Å². The third-order valence-corrected chi connectivity index (χ3v) is 4.69. The number of benzene rings is 4. The first kappa shape index (κ1) is 14.1. The molecule has 4 aromatic rings. The number of rotatable bonds is 0. The Morgan fingerprint density at radius 1 is 0.609 bits per heavy atom. The van der Waals surface area contributed by atoms with Crippen LogP contribution in [-0.4, -0.2) is 0 Å². The lowest BCUT2D eigenvalue weighted by Gasteiger charge is -2.25. The normalized spacial score (nSPS) is 12.3. The zero-order valence-electron chi connectivity index (χ0n) is 13.9. The summed E-state index contributed by atoms with van der Waals surface area (Å²) in [5.74, 6) is 0. The highest BCUT2D eigenvalue weighted by Crippen LogP contribution is 2.42. The minimum absolute atomic E-state index is 0.00514. The summed E-state index contributed by atoms with van der Waals surface area (Å²) in [6.07, 6.45) is 0. The summed E-state index contributed by atoms with van der Waals surface area (Å²) in [5, 5.41) is 7.78. The predicted octanol–water partition coefficient (Wildman–Crippen LogP) is 6.03. The quantitative estimate of drug-likeness (QED) is 0.311. The summed E-state index contributed by atoms with van der Waals surface area (Å²) < 4.78 is 0. The molecule has 23 heavy (non-hydrogen) atoms. The van der Waals surface area contributed by atoms with Crippen LogP contribution in [0.3, 0.4) is 0 Å². The molecule has 1 nitrogen and oxygen atoms in total. The zero-order chi connectivity index (χ0) is 16.2. The Labute approximate surface area is 136 Å². The van der Waals surface area contributed by atoms with Gasteiger partial charge in [-0.2, -0.15) is 0 Å². The van der Waals surface area contributed by atoms with E-state index in [0.29, 0.717) is 0 Å². The molecule has 0 aliphatic heterocycles. The van der Waals surface area contributed by atoms with Crippen molar-refractivity contribution >= 4 is 38.0 Å². The van der Waals surface area contributed by atoms with Gasteiger partial charge in [-0.15, -0.1) is 0 Å². The molecule has 0 heterocycles. The topological polar surface area (TPSA) is 26.0 Å². The molecule has 114 valence electrons. The highest BCUT2D eigenvalue weighted by atomic mass is 14.6. The molecule has 1 heteroatoms. The van der Waals surface area contributed by atoms with E-state index in [1.807, 2.05) is 0 Å². The van der Waals surface area contributed by atoms with Crippen molar-refractivity contribution in [2.45, 2.75) is 26.2 Å². The van der Waals surface area contributed by atoms with Gasteiger partial charge in [0.1, 0.15) is 0 Å². The van der Waals surface area contributed by atoms with E-state index in [9.17, 15) is 0 Å². The average Bonchev–Trinajstić information content (AvgIpc) is 2.53. The van der Waals surface area contributed by atoms with Gasteiger partial charge in [0.2, 0.25) is 0 Å². The second kappa shape index (κ2) is 4.73. The second-order valence-electron chi connectivity index (χ2n) is 7.29. The molecule has 4 rings (SSSR count). The van der Waals surface area contributed by atoms with Crippen LogP contribution < -0.4 is 5.73 Å². The molecule has 0 bridgehead atoms. The fraction of sp³-hybridized carbons (Fsp3) is 0.182. The van der Waals surface area contributed by atoms with Crippen LogP contribution in [0.5, 0.6) is 0 Å². The molecule has 0 aromatic heterocycles. The standard InChI is InChI=1S/C22H21N/c1-22(2,3)21-19(23)13-12-18-16-10-5-4-8-14(16)15-9-6-7-11-17(15)20(18)21/h4-13H,23H2,1-3H3. The Hall–Kier alpha value is -2.54. The van der Waals surface area contributed by atoms with Crippen LogP contribution in [0, 0.1) is 0 Å². The van der Waals surface area contributed by atoms with Gasteiger partial charge in [-0.05, 0) is 49.4 Å². The van der Waals surface area contributed by atoms with Gasteiger partial charge in [-0.3, -0.25) is 0 Å². The van der Waals surface area contributed by atoms with Crippen LogP contribution in [0.4, 0.5) is 5.69 Å². The first-order valence-electron chi connectivity index (χ1n) is 8.10. The molecule has 0 aliphatic carbocycles. The van der Waals surface area contributed by atoms with Crippen LogP contribution in [0.1, 0.15) is 26.3 Å². The van der Waals surface area contributed by atoms with Gasteiger partial charge in [-0.1, -0.05) is 75.4 Å². The first-order chi connectivity index (χ1) is 11.0. The van der Waals surface area contributed by atoms with E-state index in [4.69, 9.17) is 5.73 Å². The third-order valence-electron chi connectivity index (χ3n) is 4.69. The second-order valence-corrected chi connectivity index (χ2v) is 7.29. The first-order valence-corrected chi connectivity index (χ1v) is 8.10. The fourth-order valence-electron chi connectivity index (χ4n) is 3.82. The smallest absolute Gasteiger partial charge is 0.0358 e. The van der Waals surface area contributed by atoms with Crippen molar-refractivity contribution in [1.82, 2.24) is 0 Å². The fourth-order valence-corrected chi connectivity index (χ4v) is 3.82. The molecule has 2 N–H and O–H groups in total. The lowest BCUT2D eigenvalue weighted by Crippen LogP contribution is -2.14. The van der Waals surface area contributed by atoms with Crippen molar-refractivity contribution < 1.29 is 0 Å². The molecule has 0 spiro atoms. The highest BCUT2D eigenvalue weighted by molar-refractivity contribution is 6.26. The Morgan fingerprint density at radius 3 is 1.57 bits per heavy atom. The van der Waals surface area contributed by atoms with Crippen molar-refractivity contribution in [1.29, 1.82) is 0 Å². The molecule has 0 aliphatic rings. The Morgan fingerprint density at radius 2 is 1.04 bits per heavy atom. The summed E-state index contributed by atoms with van der Waals surface area (Å²) in [6.45, 7) is 6.71. The van der Waals surface area contributed by atoms with Gasteiger partial charge in [0.15, 0.2) is 0 Å². The van der Waals surface area contributed by atoms with E-state index < -0.39 is 0 Å². The summed E-state index contributed by atoms with van der Waals surface area (Å²) in [7, 11) is 0. The molecule has 0 amide bonds. The summed E-state index contributed by atoms with van der Waals surface area (Å²) in [6, 6.07) is 21.6. The van der Waals surface area contributed by atoms with Crippen molar-refractivity contribution in [3.63, 3.8) is 0 Å². The van der Waals surface area contributed by atoms with Crippen molar-refractivity contribution in [2.24, 2.45) is 0 Å². The van der Waals surface area contributed by atoms with Crippen LogP contribution >= 0.6 is 0 Å². The lowest BCUT2D eigenvalue weighted by atomic mass is 9.80. The molecule has 0 saturated heterocycles. The summed E-state index contributed by atoms with van der Waals surface area (Å²) in [4.78, 5) is 0. The zero-order valence-corrected chi connectivity index (χ0v) is 13.9. The van der Waals surface area contributed by atoms with E-state index in [0.717, 1.165) is 5.69 Å². The summed E-state index contributed by atoms with van der Waals surface area (Å²) >= 11 is 0. The molecular formula is C22H21N. The Kier molecular flexibility index (Phi) is 2.89. The number of hydrogen-bond acceptors (Lipinski definition) is 1. The van der Waals surface area contributed by atoms with Gasteiger partial charge in [-0.25, -0.2) is 0 Å². The van der Waals surface area contributed by atoms with Gasteiger partial charge in [0.25, 0.3) is 0 Å². The number of anilines is 1. The number of fused-ring (bicyclic) bond motifs is 6. The van der Waals surface area contributed by atoms with Crippen molar-refractivity contribution in [3.8, 4) is 0 Å². The molecule has 4 aromatic carbocycles. The molecule has 0 saturated carbocycles. The molecule has 0 unspecified atom stereocenters. The van der Waals surface area contributed by atoms with Crippen molar-refractivity contribution in [3.05, 3.63) is 66.2 Å². The van der Waals surface area contributed by atoms with E-state index in [-0.39, 0.29) is 5.41 Å². The van der Waals surface area contributed by atoms with E-state index in [1.165, 1.54) is 37.9 Å². The van der Waals surface area contributed by atoms with Crippen LogP contribution in [-0.2, 0) is 5.41 Å². The van der Waals surface area contributed by atoms with E-state index in [2.05, 4.69) is 81.4 Å². The lowest BCUT2D eigenvalue weighted by molar-refractivity contribution is 0.598. The van der Waals surface area contributed by atoms with Crippen LogP contribution in [0.15, 0.2) is 60.7 Å². The van der Waals surface area contributed by atoms with E-state index >= 15 is 0 Å². The van der Waals surface area contributed by atoms with Gasteiger partial charge in [0, 0.05) is 5.69 Å². The van der Waals surface area contributed by atoms with E-state index in [1.54, 1.807) is 0 Å².